The molecule has 0 unspecified atom stereocenters. The second-order valence-corrected chi connectivity index (χ2v) is 5.81. The lowest BCUT2D eigenvalue weighted by Crippen LogP contribution is -2.17. The van der Waals surface area contributed by atoms with Gasteiger partial charge in [0.15, 0.2) is 5.78 Å². The molecule has 1 nitrogen and oxygen atoms in total. The molecule has 19 heavy (non-hydrogen) atoms. The number of halogens is 1. The van der Waals surface area contributed by atoms with Gasteiger partial charge in [-0.2, -0.15) is 0 Å². The molecule has 1 aliphatic rings. The molecule has 0 amide bonds. The first-order valence-electron chi connectivity index (χ1n) is 7.47. The lowest BCUT2D eigenvalue weighted by molar-refractivity contribution is 0.0942. The Labute approximate surface area is 115 Å². The maximum atomic E-state index is 12.8. The van der Waals surface area contributed by atoms with E-state index in [1.54, 1.807) is 12.1 Å². The highest BCUT2D eigenvalue weighted by Gasteiger charge is 2.22. The van der Waals surface area contributed by atoms with Gasteiger partial charge in [-0.1, -0.05) is 32.6 Å². The van der Waals surface area contributed by atoms with Crippen molar-refractivity contribution in [1.82, 2.24) is 0 Å². The lowest BCUT2D eigenvalue weighted by Gasteiger charge is -2.27. The monoisotopic (exact) mass is 262 g/mol. The second-order valence-electron chi connectivity index (χ2n) is 5.81. The zero-order chi connectivity index (χ0) is 13.7. The minimum atomic E-state index is -0.281. The fourth-order valence-electron chi connectivity index (χ4n) is 3.15. The Bertz CT molecular complexity index is 402. The molecule has 0 aromatic heterocycles. The summed E-state index contributed by atoms with van der Waals surface area (Å²) >= 11 is 0. The van der Waals surface area contributed by atoms with Crippen molar-refractivity contribution >= 4 is 5.78 Å². The third kappa shape index (κ3) is 4.15. The normalized spacial score (nSPS) is 23.3. The Morgan fingerprint density at radius 1 is 1.11 bits per heavy atom. The predicted molar refractivity (Wildman–Crippen MR) is 75.7 cm³/mol. The molecule has 1 aliphatic carbocycles. The summed E-state index contributed by atoms with van der Waals surface area (Å²) in [6.07, 6.45) is 8.13. The van der Waals surface area contributed by atoms with Gasteiger partial charge >= 0.3 is 0 Å². The first-order chi connectivity index (χ1) is 9.19. The van der Waals surface area contributed by atoms with Crippen molar-refractivity contribution in [1.29, 1.82) is 0 Å². The zero-order valence-corrected chi connectivity index (χ0v) is 11.7. The van der Waals surface area contributed by atoms with Gasteiger partial charge in [0.05, 0.1) is 0 Å². The number of Topliss-reactive ketones (excluding diaryl/α,β-unsaturated/α-hetero) is 1. The van der Waals surface area contributed by atoms with E-state index in [1.807, 2.05) is 0 Å². The van der Waals surface area contributed by atoms with Gasteiger partial charge in [-0.25, -0.2) is 4.39 Å². The third-order valence-corrected chi connectivity index (χ3v) is 4.30. The van der Waals surface area contributed by atoms with Gasteiger partial charge < -0.3 is 0 Å². The largest absolute Gasteiger partial charge is 0.294 e. The van der Waals surface area contributed by atoms with Crippen LogP contribution in [0.1, 0.15) is 62.2 Å². The summed E-state index contributed by atoms with van der Waals surface area (Å²) in [6.45, 7) is 2.24. The summed E-state index contributed by atoms with van der Waals surface area (Å²) in [7, 11) is 0. The second kappa shape index (κ2) is 6.83. The highest BCUT2D eigenvalue weighted by Crippen LogP contribution is 2.33. The summed E-state index contributed by atoms with van der Waals surface area (Å²) < 4.78 is 12.8. The SMILES string of the molecule is CCCC1CCC(CC(=O)c2ccc(F)cc2)CC1. The third-order valence-electron chi connectivity index (χ3n) is 4.30. The van der Waals surface area contributed by atoms with Crippen LogP contribution in [-0.2, 0) is 0 Å². The number of hydrogen-bond donors (Lipinski definition) is 0. The highest BCUT2D eigenvalue weighted by molar-refractivity contribution is 5.96. The van der Waals surface area contributed by atoms with Crippen LogP contribution in [0.3, 0.4) is 0 Å². The molecule has 0 aliphatic heterocycles. The van der Waals surface area contributed by atoms with Crippen molar-refractivity contribution in [3.63, 3.8) is 0 Å². The van der Waals surface area contributed by atoms with E-state index >= 15 is 0 Å². The molecule has 0 spiro atoms. The van der Waals surface area contributed by atoms with E-state index in [1.165, 1.54) is 50.7 Å². The number of ketones is 1. The van der Waals surface area contributed by atoms with Crippen LogP contribution in [0.15, 0.2) is 24.3 Å². The minimum absolute atomic E-state index is 0.166. The molecule has 2 heteroatoms. The van der Waals surface area contributed by atoms with Gasteiger partial charge in [-0.05, 0) is 48.9 Å². The van der Waals surface area contributed by atoms with Crippen LogP contribution < -0.4 is 0 Å². The van der Waals surface area contributed by atoms with Crippen LogP contribution in [0.25, 0.3) is 0 Å². The Morgan fingerprint density at radius 2 is 1.68 bits per heavy atom. The van der Waals surface area contributed by atoms with Crippen molar-refractivity contribution in [2.24, 2.45) is 11.8 Å². The number of carbonyl (C=O) groups is 1. The Balaban J connectivity index is 1.82. The van der Waals surface area contributed by atoms with Gasteiger partial charge in [-0.15, -0.1) is 0 Å². The molecule has 0 radical (unpaired) electrons. The van der Waals surface area contributed by atoms with Crippen LogP contribution in [-0.4, -0.2) is 5.78 Å². The molecule has 0 N–H and O–H groups in total. The molecule has 1 aromatic carbocycles. The molecule has 0 atom stereocenters. The van der Waals surface area contributed by atoms with Crippen LogP contribution in [0, 0.1) is 17.7 Å². The smallest absolute Gasteiger partial charge is 0.163 e. The Hall–Kier alpha value is -1.18. The summed E-state index contributed by atoms with van der Waals surface area (Å²) in [5.41, 5.74) is 0.650. The molecular weight excluding hydrogens is 239 g/mol. The first-order valence-corrected chi connectivity index (χ1v) is 7.47. The molecule has 0 heterocycles. The van der Waals surface area contributed by atoms with Crippen molar-refractivity contribution in [2.45, 2.75) is 51.9 Å². The van der Waals surface area contributed by atoms with Gasteiger partial charge in [0.1, 0.15) is 5.82 Å². The molecule has 2 rings (SSSR count). The number of carbonyl (C=O) groups excluding carboxylic acids is 1. The molecule has 1 fully saturated rings. The molecule has 0 bridgehead atoms. The first kappa shape index (κ1) is 14.2. The summed E-state index contributed by atoms with van der Waals surface area (Å²) in [6, 6.07) is 5.93. The van der Waals surface area contributed by atoms with E-state index < -0.39 is 0 Å². The van der Waals surface area contributed by atoms with E-state index in [-0.39, 0.29) is 11.6 Å². The van der Waals surface area contributed by atoms with E-state index in [9.17, 15) is 9.18 Å². The molecule has 1 aromatic rings. The maximum absolute atomic E-state index is 12.8. The van der Waals surface area contributed by atoms with Crippen molar-refractivity contribution in [3.8, 4) is 0 Å². The van der Waals surface area contributed by atoms with E-state index in [2.05, 4.69) is 6.92 Å². The number of rotatable bonds is 5. The van der Waals surface area contributed by atoms with Crippen LogP contribution in [0.5, 0.6) is 0 Å². The predicted octanol–water partition coefficient (Wildman–Crippen LogP) is 5.01. The van der Waals surface area contributed by atoms with E-state index in [4.69, 9.17) is 0 Å². The number of hydrogen-bond acceptors (Lipinski definition) is 1. The van der Waals surface area contributed by atoms with Gasteiger partial charge in [0.25, 0.3) is 0 Å². The minimum Gasteiger partial charge on any atom is -0.294 e. The van der Waals surface area contributed by atoms with Gasteiger partial charge in [0.2, 0.25) is 0 Å². The summed E-state index contributed by atoms with van der Waals surface area (Å²) in [5, 5.41) is 0. The average Bonchev–Trinajstić information content (AvgIpc) is 2.42. The van der Waals surface area contributed by atoms with E-state index in [0.29, 0.717) is 17.9 Å². The van der Waals surface area contributed by atoms with Crippen LogP contribution in [0.4, 0.5) is 4.39 Å². The topological polar surface area (TPSA) is 17.1 Å². The van der Waals surface area contributed by atoms with Crippen molar-refractivity contribution in [3.05, 3.63) is 35.6 Å². The van der Waals surface area contributed by atoms with Gasteiger partial charge in [0, 0.05) is 12.0 Å². The highest BCUT2D eigenvalue weighted by atomic mass is 19.1. The van der Waals surface area contributed by atoms with Gasteiger partial charge in [-0.3, -0.25) is 4.79 Å². The molecule has 104 valence electrons. The Kier molecular flexibility index (Phi) is 5.12. The van der Waals surface area contributed by atoms with Crippen LogP contribution in [0.2, 0.25) is 0 Å². The fourth-order valence-corrected chi connectivity index (χ4v) is 3.15. The zero-order valence-electron chi connectivity index (χ0n) is 11.7. The standard InChI is InChI=1S/C17H23FO/c1-2-3-13-4-6-14(7-5-13)12-17(19)15-8-10-16(18)11-9-15/h8-11,13-14H,2-7,12H2,1H3. The fraction of sp³-hybridized carbons (Fsp3) is 0.588. The summed E-state index contributed by atoms with van der Waals surface area (Å²) in [5.74, 6) is 1.29. The maximum Gasteiger partial charge on any atom is 0.163 e. The average molecular weight is 262 g/mol. The quantitative estimate of drug-likeness (QED) is 0.682. The van der Waals surface area contributed by atoms with Crippen molar-refractivity contribution in [2.75, 3.05) is 0 Å². The molecule has 0 saturated heterocycles. The van der Waals surface area contributed by atoms with E-state index in [0.717, 1.165) is 5.92 Å². The van der Waals surface area contributed by atoms with Crippen molar-refractivity contribution < 1.29 is 9.18 Å². The van der Waals surface area contributed by atoms with Crippen LogP contribution >= 0.6 is 0 Å². The lowest BCUT2D eigenvalue weighted by atomic mass is 9.78. The number of benzene rings is 1. The molecule has 1 saturated carbocycles. The molecular formula is C17H23FO. The Morgan fingerprint density at radius 3 is 2.26 bits per heavy atom. The summed E-state index contributed by atoms with van der Waals surface area (Å²) in [4.78, 5) is 12.1.